The molecule has 7 heteroatoms. The lowest BCUT2D eigenvalue weighted by Gasteiger charge is -2.40. The van der Waals surface area contributed by atoms with Gasteiger partial charge in [-0.3, -0.25) is 14.5 Å². The van der Waals surface area contributed by atoms with Crippen LogP contribution in [0.2, 0.25) is 0 Å². The first-order valence-electron chi connectivity index (χ1n) is 12.1. The normalized spacial score (nSPS) is 22.6. The van der Waals surface area contributed by atoms with Crippen LogP contribution in [-0.4, -0.2) is 46.2 Å². The minimum absolute atomic E-state index is 0.0796. The molecule has 0 spiro atoms. The van der Waals surface area contributed by atoms with E-state index in [1.54, 1.807) is 0 Å². The number of ether oxygens (including phenoxy) is 2. The average molecular weight is 458 g/mol. The van der Waals surface area contributed by atoms with Gasteiger partial charge in [0.05, 0.1) is 6.42 Å². The van der Waals surface area contributed by atoms with Gasteiger partial charge in [-0.1, -0.05) is 82.2 Å². The molecule has 2 heterocycles. The highest BCUT2D eigenvalue weighted by Gasteiger charge is 2.64. The first-order valence-corrected chi connectivity index (χ1v) is 12.1. The van der Waals surface area contributed by atoms with Gasteiger partial charge in [0.1, 0.15) is 12.4 Å². The second-order valence-electron chi connectivity index (χ2n) is 8.84. The van der Waals surface area contributed by atoms with Gasteiger partial charge in [0.15, 0.2) is 6.23 Å². The maximum atomic E-state index is 12.4. The van der Waals surface area contributed by atoms with Crippen molar-refractivity contribution in [2.75, 3.05) is 6.61 Å². The average Bonchev–Trinajstić information content (AvgIpc) is 3.04. The summed E-state index contributed by atoms with van der Waals surface area (Å²) in [6.07, 6.45) is 10.7. The summed E-state index contributed by atoms with van der Waals surface area (Å²) < 4.78 is 11.1. The number of hydrogen-bond acceptors (Lipinski definition) is 5. The van der Waals surface area contributed by atoms with Crippen LogP contribution in [0, 0.1) is 0 Å². The highest BCUT2D eigenvalue weighted by Crippen LogP contribution is 2.46. The molecule has 0 aliphatic carbocycles. The van der Waals surface area contributed by atoms with Gasteiger partial charge >= 0.3 is 11.9 Å². The molecule has 2 fully saturated rings. The van der Waals surface area contributed by atoms with Crippen LogP contribution in [0.25, 0.3) is 0 Å². The Morgan fingerprint density at radius 3 is 2.42 bits per heavy atom. The molecular formula is C26H35NO6. The number of carbonyl (C=O) groups excluding carboxylic acids is 2. The Morgan fingerprint density at radius 1 is 1.12 bits per heavy atom. The van der Waals surface area contributed by atoms with Gasteiger partial charge in [-0.25, -0.2) is 4.79 Å². The van der Waals surface area contributed by atoms with E-state index in [9.17, 15) is 19.5 Å². The number of aliphatic carboxylic acids is 1. The number of β-lactam (4-membered cyclic amide) rings is 1. The molecule has 1 aromatic carbocycles. The number of amides is 1. The number of unbranched alkanes of at least 4 members (excludes halogenated alkanes) is 7. The predicted octanol–water partition coefficient (Wildman–Crippen LogP) is 4.60. The topological polar surface area (TPSA) is 93.1 Å². The lowest BCUT2D eigenvalue weighted by molar-refractivity contribution is -0.170. The van der Waals surface area contributed by atoms with E-state index in [0.717, 1.165) is 24.8 Å². The minimum atomic E-state index is -1.62. The standard InChI is InChI=1S/C26H35NO6/c1-2-3-4-5-6-7-8-12-15-24(29)32-17-16-21-26(25(30)31,19-20-13-10-9-11-14-20)27-22(28)18-23(27)33-21/h9-11,13-14,16,23H,2-8,12,15,17-19H2,1H3,(H,30,31)/b21-16-/t23-,26-/m1/s1. The molecule has 33 heavy (non-hydrogen) atoms. The third-order valence-electron chi connectivity index (χ3n) is 6.39. The molecule has 2 aliphatic heterocycles. The van der Waals surface area contributed by atoms with Crippen LogP contribution in [0.5, 0.6) is 0 Å². The summed E-state index contributed by atoms with van der Waals surface area (Å²) >= 11 is 0. The summed E-state index contributed by atoms with van der Waals surface area (Å²) in [4.78, 5) is 38.1. The SMILES string of the molecule is CCCCCCCCCCC(=O)OC/C=C1\O[C@@H]2CC(=O)N2[C@@]1(Cc1ccccc1)C(=O)O. The second-order valence-corrected chi connectivity index (χ2v) is 8.84. The first-order chi connectivity index (χ1) is 16.0. The van der Waals surface area contributed by atoms with Crippen molar-refractivity contribution < 1.29 is 29.0 Å². The predicted molar refractivity (Wildman–Crippen MR) is 123 cm³/mol. The molecule has 7 nitrogen and oxygen atoms in total. The van der Waals surface area contributed by atoms with Gasteiger partial charge in [-0.15, -0.1) is 0 Å². The summed E-state index contributed by atoms with van der Waals surface area (Å²) in [6, 6.07) is 9.15. The fraction of sp³-hybridized carbons (Fsp3) is 0.577. The summed E-state index contributed by atoms with van der Waals surface area (Å²) in [6.45, 7) is 2.12. The zero-order chi connectivity index (χ0) is 23.7. The van der Waals surface area contributed by atoms with Gasteiger partial charge in [-0.2, -0.15) is 0 Å². The fourth-order valence-electron chi connectivity index (χ4n) is 4.55. The molecule has 1 amide bonds. The van der Waals surface area contributed by atoms with E-state index in [1.165, 1.54) is 43.1 Å². The number of carboxylic acid groups (broad SMARTS) is 1. The second kappa shape index (κ2) is 11.9. The van der Waals surface area contributed by atoms with Crippen LogP contribution in [-0.2, 0) is 30.3 Å². The van der Waals surface area contributed by atoms with E-state index in [-0.39, 0.29) is 37.1 Å². The summed E-state index contributed by atoms with van der Waals surface area (Å²) in [5, 5.41) is 10.2. The largest absolute Gasteiger partial charge is 0.479 e. The number of fused-ring (bicyclic) bond motifs is 1. The van der Waals surface area contributed by atoms with E-state index >= 15 is 0 Å². The van der Waals surface area contributed by atoms with E-state index in [2.05, 4.69) is 6.92 Å². The zero-order valence-corrected chi connectivity index (χ0v) is 19.5. The number of carbonyl (C=O) groups is 3. The summed E-state index contributed by atoms with van der Waals surface area (Å²) in [5.74, 6) is -1.56. The van der Waals surface area contributed by atoms with Crippen LogP contribution >= 0.6 is 0 Å². The van der Waals surface area contributed by atoms with Crippen molar-refractivity contribution in [3.05, 3.63) is 47.7 Å². The molecule has 2 atom stereocenters. The Balaban J connectivity index is 1.53. The molecule has 0 aromatic heterocycles. The van der Waals surface area contributed by atoms with Crippen molar-refractivity contribution >= 4 is 17.8 Å². The smallest absolute Gasteiger partial charge is 0.338 e. The highest BCUT2D eigenvalue weighted by molar-refractivity contribution is 5.94. The van der Waals surface area contributed by atoms with E-state index in [4.69, 9.17) is 9.47 Å². The molecule has 0 saturated carbocycles. The van der Waals surface area contributed by atoms with Gasteiger partial charge < -0.3 is 14.6 Å². The van der Waals surface area contributed by atoms with Gasteiger partial charge in [0.2, 0.25) is 11.4 Å². The maximum Gasteiger partial charge on any atom is 0.338 e. The van der Waals surface area contributed by atoms with Crippen molar-refractivity contribution in [1.82, 2.24) is 4.90 Å². The molecular weight excluding hydrogens is 422 g/mol. The van der Waals surface area contributed by atoms with Gasteiger partial charge in [0.25, 0.3) is 0 Å². The van der Waals surface area contributed by atoms with Crippen molar-refractivity contribution in [3.63, 3.8) is 0 Å². The quantitative estimate of drug-likeness (QED) is 0.249. The van der Waals surface area contributed by atoms with Gasteiger partial charge in [-0.05, 0) is 18.1 Å². The van der Waals surface area contributed by atoms with E-state index in [0.29, 0.717) is 6.42 Å². The van der Waals surface area contributed by atoms with Crippen molar-refractivity contribution in [2.45, 2.75) is 89.3 Å². The number of rotatable bonds is 14. The Hall–Kier alpha value is -2.83. The number of carboxylic acids is 1. The lowest BCUT2D eigenvalue weighted by Crippen LogP contribution is -2.63. The molecule has 2 saturated heterocycles. The first kappa shape index (κ1) is 24.8. The third-order valence-corrected chi connectivity index (χ3v) is 6.39. The third kappa shape index (κ3) is 5.95. The maximum absolute atomic E-state index is 12.4. The van der Waals surface area contributed by atoms with Crippen LogP contribution in [0.15, 0.2) is 42.2 Å². The van der Waals surface area contributed by atoms with Crippen molar-refractivity contribution in [3.8, 4) is 0 Å². The summed E-state index contributed by atoms with van der Waals surface area (Å²) in [5.41, 5.74) is -0.840. The molecule has 0 radical (unpaired) electrons. The van der Waals surface area contributed by atoms with Crippen LogP contribution in [0.4, 0.5) is 0 Å². The van der Waals surface area contributed by atoms with E-state index in [1.807, 2.05) is 30.3 Å². The number of nitrogens with zero attached hydrogens (tertiary/aromatic N) is 1. The number of esters is 1. The van der Waals surface area contributed by atoms with Crippen molar-refractivity contribution in [1.29, 1.82) is 0 Å². The lowest BCUT2D eigenvalue weighted by atomic mass is 9.85. The Morgan fingerprint density at radius 2 is 1.79 bits per heavy atom. The molecule has 1 N–H and O–H groups in total. The van der Waals surface area contributed by atoms with Crippen LogP contribution in [0.1, 0.15) is 76.7 Å². The monoisotopic (exact) mass is 457 g/mol. The van der Waals surface area contributed by atoms with Gasteiger partial charge in [0, 0.05) is 12.8 Å². The van der Waals surface area contributed by atoms with Crippen LogP contribution in [0.3, 0.4) is 0 Å². The molecule has 0 bridgehead atoms. The molecule has 0 unspecified atom stereocenters. The Bertz CT molecular complexity index is 852. The van der Waals surface area contributed by atoms with Crippen LogP contribution < -0.4 is 0 Å². The fourth-order valence-corrected chi connectivity index (χ4v) is 4.55. The number of hydrogen-bond donors (Lipinski definition) is 1. The highest BCUT2D eigenvalue weighted by atomic mass is 16.5. The Kier molecular flexibility index (Phi) is 8.92. The summed E-state index contributed by atoms with van der Waals surface area (Å²) in [7, 11) is 0. The van der Waals surface area contributed by atoms with E-state index < -0.39 is 17.7 Å². The molecule has 2 aliphatic rings. The molecule has 180 valence electrons. The zero-order valence-electron chi connectivity index (χ0n) is 19.5. The minimum Gasteiger partial charge on any atom is -0.479 e. The molecule has 3 rings (SSSR count). The Labute approximate surface area is 195 Å². The number of benzene rings is 1. The van der Waals surface area contributed by atoms with Crippen molar-refractivity contribution in [2.24, 2.45) is 0 Å². The molecule has 1 aromatic rings.